The van der Waals surface area contributed by atoms with Crippen molar-refractivity contribution >= 4 is 11.0 Å². The molecule has 4 aromatic rings. The van der Waals surface area contributed by atoms with Gasteiger partial charge in [0.25, 0.3) is 0 Å². The van der Waals surface area contributed by atoms with Crippen molar-refractivity contribution in [3.63, 3.8) is 0 Å². The van der Waals surface area contributed by atoms with Gasteiger partial charge in [0.15, 0.2) is 16.8 Å². The third-order valence-corrected chi connectivity index (χ3v) is 4.32. The quantitative estimate of drug-likeness (QED) is 0.573. The van der Waals surface area contributed by atoms with E-state index >= 15 is 0 Å². The van der Waals surface area contributed by atoms with Gasteiger partial charge in [-0.25, -0.2) is 0 Å². The molecule has 0 saturated heterocycles. The minimum atomic E-state index is -0.211. The molecule has 2 heterocycles. The summed E-state index contributed by atoms with van der Waals surface area (Å²) >= 11 is 0. The number of H-pyrrole nitrogens is 1. The maximum Gasteiger partial charge on any atom is 0.193 e. The first kappa shape index (κ1) is 16.0. The highest BCUT2D eigenvalue weighted by atomic mass is 16.5. The zero-order chi connectivity index (χ0) is 18.3. The number of rotatable bonds is 3. The SMILES string of the molecule is COc1ccc(-c2cc(=O)c3cc(-c4cc(C)c[nH]4)cc(O)c3o2)cc1. The van der Waals surface area contributed by atoms with Crippen LogP contribution in [-0.2, 0) is 0 Å². The van der Waals surface area contributed by atoms with Crippen molar-refractivity contribution in [2.75, 3.05) is 7.11 Å². The number of hydrogen-bond donors (Lipinski definition) is 2. The average Bonchev–Trinajstić information content (AvgIpc) is 3.08. The number of aromatic amines is 1. The monoisotopic (exact) mass is 347 g/mol. The number of ether oxygens (including phenoxy) is 1. The zero-order valence-corrected chi connectivity index (χ0v) is 14.4. The lowest BCUT2D eigenvalue weighted by Crippen LogP contribution is -2.01. The predicted octanol–water partition coefficient (Wildman–Crippen LogP) is 4.48. The Balaban J connectivity index is 1.87. The normalized spacial score (nSPS) is 11.0. The Bertz CT molecular complexity index is 1150. The van der Waals surface area contributed by atoms with E-state index in [1.54, 1.807) is 43.5 Å². The minimum absolute atomic E-state index is 0.0720. The molecule has 0 aliphatic heterocycles. The van der Waals surface area contributed by atoms with Gasteiger partial charge >= 0.3 is 0 Å². The van der Waals surface area contributed by atoms with Crippen molar-refractivity contribution in [2.24, 2.45) is 0 Å². The second-order valence-electron chi connectivity index (χ2n) is 6.17. The van der Waals surface area contributed by atoms with Crippen LogP contribution in [-0.4, -0.2) is 17.2 Å². The highest BCUT2D eigenvalue weighted by Crippen LogP contribution is 2.33. The van der Waals surface area contributed by atoms with Gasteiger partial charge in [-0.3, -0.25) is 4.79 Å². The topological polar surface area (TPSA) is 75.5 Å². The lowest BCUT2D eigenvalue weighted by Gasteiger charge is -2.07. The molecule has 0 aliphatic carbocycles. The first-order valence-corrected chi connectivity index (χ1v) is 8.16. The molecule has 26 heavy (non-hydrogen) atoms. The van der Waals surface area contributed by atoms with Gasteiger partial charge in [0.05, 0.1) is 12.5 Å². The van der Waals surface area contributed by atoms with Crippen LogP contribution in [0, 0.1) is 6.92 Å². The number of phenols is 1. The number of nitrogens with one attached hydrogen (secondary N) is 1. The summed E-state index contributed by atoms with van der Waals surface area (Å²) in [5, 5.41) is 10.8. The second kappa shape index (κ2) is 6.11. The molecule has 4 rings (SSSR count). The van der Waals surface area contributed by atoms with E-state index in [1.165, 1.54) is 6.07 Å². The standard InChI is InChI=1S/C21H17NO4/c1-12-7-17(22-11-12)14-8-16-18(23)10-20(26-21(16)19(24)9-14)13-3-5-15(25-2)6-4-13/h3-11,22,24H,1-2H3. The number of aromatic hydroxyl groups is 1. The van der Waals surface area contributed by atoms with Crippen molar-refractivity contribution in [3.05, 3.63) is 70.5 Å². The molecule has 0 fully saturated rings. The van der Waals surface area contributed by atoms with E-state index in [2.05, 4.69) is 4.98 Å². The van der Waals surface area contributed by atoms with E-state index in [0.717, 1.165) is 22.4 Å². The van der Waals surface area contributed by atoms with Crippen LogP contribution in [0.2, 0.25) is 0 Å². The molecule has 5 heteroatoms. The Kier molecular flexibility index (Phi) is 3.77. The van der Waals surface area contributed by atoms with Crippen molar-refractivity contribution in [3.8, 4) is 34.1 Å². The number of phenolic OH excluding ortho intramolecular Hbond substituents is 1. The van der Waals surface area contributed by atoms with Crippen LogP contribution in [0.3, 0.4) is 0 Å². The van der Waals surface area contributed by atoms with E-state index in [1.807, 2.05) is 19.2 Å². The zero-order valence-electron chi connectivity index (χ0n) is 14.4. The smallest absolute Gasteiger partial charge is 0.193 e. The van der Waals surface area contributed by atoms with Crippen LogP contribution in [0.15, 0.2) is 63.9 Å². The molecular formula is C21H17NO4. The van der Waals surface area contributed by atoms with Crippen LogP contribution >= 0.6 is 0 Å². The summed E-state index contributed by atoms with van der Waals surface area (Å²) in [5.74, 6) is 1.03. The Labute approximate surface area is 149 Å². The molecule has 130 valence electrons. The van der Waals surface area contributed by atoms with Crippen molar-refractivity contribution in [1.82, 2.24) is 4.98 Å². The summed E-state index contributed by atoms with van der Waals surface area (Å²) in [4.78, 5) is 15.8. The van der Waals surface area contributed by atoms with Gasteiger partial charge < -0.3 is 19.2 Å². The van der Waals surface area contributed by atoms with Crippen LogP contribution in [0.25, 0.3) is 33.6 Å². The van der Waals surface area contributed by atoms with Gasteiger partial charge in [0.2, 0.25) is 0 Å². The molecular weight excluding hydrogens is 330 g/mol. The fourth-order valence-electron chi connectivity index (χ4n) is 2.96. The van der Waals surface area contributed by atoms with Gasteiger partial charge in [0.1, 0.15) is 11.5 Å². The molecule has 0 bridgehead atoms. The Morgan fingerprint density at radius 2 is 1.81 bits per heavy atom. The molecule has 0 spiro atoms. The first-order valence-electron chi connectivity index (χ1n) is 8.16. The molecule has 0 saturated carbocycles. The third kappa shape index (κ3) is 2.73. The molecule has 0 unspecified atom stereocenters. The summed E-state index contributed by atoms with van der Waals surface area (Å²) in [6.07, 6.45) is 1.87. The fourth-order valence-corrected chi connectivity index (χ4v) is 2.96. The molecule has 0 atom stereocenters. The molecule has 0 amide bonds. The Morgan fingerprint density at radius 1 is 1.04 bits per heavy atom. The summed E-state index contributed by atoms with van der Waals surface area (Å²) < 4.78 is 11.0. The number of aryl methyl sites for hydroxylation is 1. The van der Waals surface area contributed by atoms with E-state index in [4.69, 9.17) is 9.15 Å². The molecule has 5 nitrogen and oxygen atoms in total. The first-order chi connectivity index (χ1) is 12.5. The Hall–Kier alpha value is -3.47. The lowest BCUT2D eigenvalue weighted by molar-refractivity contribution is 0.415. The lowest BCUT2D eigenvalue weighted by atomic mass is 10.1. The van der Waals surface area contributed by atoms with Gasteiger partial charge in [-0.15, -0.1) is 0 Å². The average molecular weight is 347 g/mol. The summed E-state index contributed by atoms with van der Waals surface area (Å²) in [5.41, 5.74) is 3.33. The number of methoxy groups -OCH3 is 1. The summed E-state index contributed by atoms with van der Waals surface area (Å²) in [6, 6.07) is 13.9. The number of aromatic nitrogens is 1. The summed E-state index contributed by atoms with van der Waals surface area (Å²) in [6.45, 7) is 1.97. The Morgan fingerprint density at radius 3 is 2.46 bits per heavy atom. The number of benzene rings is 2. The maximum atomic E-state index is 12.6. The predicted molar refractivity (Wildman–Crippen MR) is 101 cm³/mol. The maximum absolute atomic E-state index is 12.6. The van der Waals surface area contributed by atoms with Crippen LogP contribution < -0.4 is 10.2 Å². The molecule has 0 aliphatic rings. The second-order valence-corrected chi connectivity index (χ2v) is 6.17. The van der Waals surface area contributed by atoms with Crippen molar-refractivity contribution < 1.29 is 14.3 Å². The van der Waals surface area contributed by atoms with E-state index < -0.39 is 0 Å². The summed E-state index contributed by atoms with van der Waals surface area (Å²) in [7, 11) is 1.59. The van der Waals surface area contributed by atoms with E-state index in [9.17, 15) is 9.90 Å². The van der Waals surface area contributed by atoms with Crippen molar-refractivity contribution in [1.29, 1.82) is 0 Å². The van der Waals surface area contributed by atoms with Crippen molar-refractivity contribution in [2.45, 2.75) is 6.92 Å². The van der Waals surface area contributed by atoms with Crippen LogP contribution in [0.4, 0.5) is 0 Å². The van der Waals surface area contributed by atoms with Gasteiger partial charge in [-0.05, 0) is 55.0 Å². The molecule has 2 N–H and O–H groups in total. The highest BCUT2D eigenvalue weighted by Gasteiger charge is 2.13. The van der Waals surface area contributed by atoms with Crippen LogP contribution in [0.1, 0.15) is 5.56 Å². The van der Waals surface area contributed by atoms with E-state index in [-0.39, 0.29) is 16.8 Å². The van der Waals surface area contributed by atoms with Gasteiger partial charge in [-0.2, -0.15) is 0 Å². The molecule has 2 aromatic heterocycles. The van der Waals surface area contributed by atoms with E-state index in [0.29, 0.717) is 16.9 Å². The fraction of sp³-hybridized carbons (Fsp3) is 0.0952. The van der Waals surface area contributed by atoms with Crippen LogP contribution in [0.5, 0.6) is 11.5 Å². The minimum Gasteiger partial charge on any atom is -0.504 e. The third-order valence-electron chi connectivity index (χ3n) is 4.32. The number of fused-ring (bicyclic) bond motifs is 1. The van der Waals surface area contributed by atoms with Gasteiger partial charge in [-0.1, -0.05) is 0 Å². The molecule has 2 aromatic carbocycles. The highest BCUT2D eigenvalue weighted by molar-refractivity contribution is 5.88. The number of hydrogen-bond acceptors (Lipinski definition) is 4. The van der Waals surface area contributed by atoms with Gasteiger partial charge in [0, 0.05) is 29.1 Å². The molecule has 0 radical (unpaired) electrons. The largest absolute Gasteiger partial charge is 0.504 e.